The van der Waals surface area contributed by atoms with Crippen molar-refractivity contribution in [3.8, 4) is 0 Å². The van der Waals surface area contributed by atoms with Gasteiger partial charge in [0.05, 0.1) is 21.2 Å². The number of ether oxygens (including phenoxy) is 1. The Morgan fingerprint density at radius 1 is 1.31 bits per heavy atom. The van der Waals surface area contributed by atoms with Crippen LogP contribution in [0.4, 0.5) is 21.5 Å². The standard InChI is InChI=1S/C16H13ClFN3O5/c1-8(15(22)20-14-5-2-9(18)6-12(14)17)26-16(23)11-7-10(21(24)25)3-4-13(11)19/h2-8H,19H2,1H3,(H,20,22)/t8-/m0/s1. The summed E-state index contributed by atoms with van der Waals surface area (Å²) in [4.78, 5) is 34.3. The highest BCUT2D eigenvalue weighted by Crippen LogP contribution is 2.23. The second-order valence-corrected chi connectivity index (χ2v) is 5.60. The van der Waals surface area contributed by atoms with Gasteiger partial charge >= 0.3 is 5.97 Å². The van der Waals surface area contributed by atoms with Gasteiger partial charge in [-0.2, -0.15) is 0 Å². The third kappa shape index (κ3) is 4.45. The quantitative estimate of drug-likeness (QED) is 0.355. The largest absolute Gasteiger partial charge is 0.449 e. The first kappa shape index (κ1) is 19.1. The van der Waals surface area contributed by atoms with Crippen LogP contribution in [0.2, 0.25) is 5.02 Å². The van der Waals surface area contributed by atoms with Gasteiger partial charge in [-0.25, -0.2) is 9.18 Å². The van der Waals surface area contributed by atoms with Crippen molar-refractivity contribution in [2.75, 3.05) is 11.1 Å². The molecule has 8 nitrogen and oxygen atoms in total. The maximum Gasteiger partial charge on any atom is 0.341 e. The Morgan fingerprint density at radius 3 is 2.62 bits per heavy atom. The molecule has 0 fully saturated rings. The average Bonchev–Trinajstić information content (AvgIpc) is 2.57. The summed E-state index contributed by atoms with van der Waals surface area (Å²) in [7, 11) is 0. The Morgan fingerprint density at radius 2 is 2.00 bits per heavy atom. The van der Waals surface area contributed by atoms with E-state index in [1.165, 1.54) is 19.1 Å². The van der Waals surface area contributed by atoms with Gasteiger partial charge in [0.25, 0.3) is 11.6 Å². The Bertz CT molecular complexity index is 890. The second-order valence-electron chi connectivity index (χ2n) is 5.19. The lowest BCUT2D eigenvalue weighted by Crippen LogP contribution is -2.30. The zero-order chi connectivity index (χ0) is 19.4. The van der Waals surface area contributed by atoms with E-state index in [9.17, 15) is 24.1 Å². The van der Waals surface area contributed by atoms with Gasteiger partial charge in [-0.05, 0) is 31.2 Å². The van der Waals surface area contributed by atoms with Gasteiger partial charge in [0.1, 0.15) is 5.82 Å². The maximum absolute atomic E-state index is 13.0. The fraction of sp³-hybridized carbons (Fsp3) is 0.125. The van der Waals surface area contributed by atoms with Crippen LogP contribution in [0.15, 0.2) is 36.4 Å². The summed E-state index contributed by atoms with van der Waals surface area (Å²) in [6, 6.07) is 6.65. The van der Waals surface area contributed by atoms with E-state index in [4.69, 9.17) is 22.1 Å². The van der Waals surface area contributed by atoms with Crippen molar-refractivity contribution in [2.45, 2.75) is 13.0 Å². The molecule has 0 aromatic heterocycles. The Hall–Kier alpha value is -3.20. The number of hydrogen-bond acceptors (Lipinski definition) is 6. The molecule has 0 bridgehead atoms. The van der Waals surface area contributed by atoms with Crippen molar-refractivity contribution < 1.29 is 23.6 Å². The number of anilines is 2. The topological polar surface area (TPSA) is 125 Å². The number of nitrogens with one attached hydrogen (secondary N) is 1. The van der Waals surface area contributed by atoms with Gasteiger partial charge in [-0.1, -0.05) is 11.6 Å². The fourth-order valence-corrected chi connectivity index (χ4v) is 2.15. The van der Waals surface area contributed by atoms with E-state index in [0.717, 1.165) is 24.3 Å². The molecule has 26 heavy (non-hydrogen) atoms. The number of nitro groups is 1. The first-order chi connectivity index (χ1) is 12.2. The predicted molar refractivity (Wildman–Crippen MR) is 92.4 cm³/mol. The van der Waals surface area contributed by atoms with Gasteiger partial charge in [-0.15, -0.1) is 0 Å². The summed E-state index contributed by atoms with van der Waals surface area (Å²) in [5, 5.41) is 13.1. The molecule has 2 aromatic carbocycles. The van der Waals surface area contributed by atoms with Gasteiger partial charge in [0.15, 0.2) is 6.10 Å². The van der Waals surface area contributed by atoms with Crippen LogP contribution >= 0.6 is 11.6 Å². The molecule has 0 aliphatic rings. The number of benzene rings is 2. The zero-order valence-electron chi connectivity index (χ0n) is 13.4. The second kappa shape index (κ2) is 7.79. The van der Waals surface area contributed by atoms with Crippen LogP contribution < -0.4 is 11.1 Å². The number of rotatable bonds is 5. The lowest BCUT2D eigenvalue weighted by atomic mass is 10.1. The smallest absolute Gasteiger partial charge is 0.341 e. The van der Waals surface area contributed by atoms with E-state index < -0.39 is 28.7 Å². The molecule has 0 aliphatic carbocycles. The minimum absolute atomic E-state index is 0.0280. The molecule has 0 unspecified atom stereocenters. The molecule has 10 heteroatoms. The van der Waals surface area contributed by atoms with Crippen LogP contribution in [0.1, 0.15) is 17.3 Å². The number of halogens is 2. The van der Waals surface area contributed by atoms with E-state index in [1.54, 1.807) is 0 Å². The number of carbonyl (C=O) groups is 2. The molecule has 0 heterocycles. The van der Waals surface area contributed by atoms with Crippen molar-refractivity contribution in [3.05, 3.63) is 62.9 Å². The lowest BCUT2D eigenvalue weighted by molar-refractivity contribution is -0.384. The number of esters is 1. The van der Waals surface area contributed by atoms with Crippen LogP contribution in [-0.4, -0.2) is 22.9 Å². The van der Waals surface area contributed by atoms with Crippen LogP contribution in [0.5, 0.6) is 0 Å². The summed E-state index contributed by atoms with van der Waals surface area (Å²) in [5.74, 6) is -2.30. The molecule has 0 saturated carbocycles. The molecule has 2 rings (SSSR count). The fourth-order valence-electron chi connectivity index (χ4n) is 1.94. The molecule has 0 radical (unpaired) electrons. The molecule has 0 aliphatic heterocycles. The number of non-ortho nitro benzene ring substituents is 1. The van der Waals surface area contributed by atoms with E-state index in [1.807, 2.05) is 0 Å². The summed E-state index contributed by atoms with van der Waals surface area (Å²) in [6.45, 7) is 1.29. The van der Waals surface area contributed by atoms with Crippen molar-refractivity contribution >= 4 is 40.5 Å². The molecule has 136 valence electrons. The van der Waals surface area contributed by atoms with E-state index in [-0.39, 0.29) is 27.6 Å². The van der Waals surface area contributed by atoms with E-state index >= 15 is 0 Å². The Balaban J connectivity index is 2.10. The molecule has 0 spiro atoms. The SMILES string of the molecule is C[C@H](OC(=O)c1cc([N+](=O)[O-])ccc1N)C(=O)Nc1ccc(F)cc1Cl. The molecule has 1 atom stereocenters. The zero-order valence-corrected chi connectivity index (χ0v) is 14.1. The number of nitrogens with zero attached hydrogens (tertiary/aromatic N) is 1. The number of hydrogen-bond donors (Lipinski definition) is 2. The van der Waals surface area contributed by atoms with Gasteiger partial charge in [-0.3, -0.25) is 14.9 Å². The lowest BCUT2D eigenvalue weighted by Gasteiger charge is -2.15. The number of amides is 1. The summed E-state index contributed by atoms with van der Waals surface area (Å²) in [6.07, 6.45) is -1.26. The first-order valence-electron chi connectivity index (χ1n) is 7.20. The van der Waals surface area contributed by atoms with Crippen molar-refractivity contribution in [3.63, 3.8) is 0 Å². The van der Waals surface area contributed by atoms with E-state index in [0.29, 0.717) is 0 Å². The first-order valence-corrected chi connectivity index (χ1v) is 7.57. The third-order valence-electron chi connectivity index (χ3n) is 3.31. The molecule has 0 saturated heterocycles. The Kier molecular flexibility index (Phi) is 5.73. The summed E-state index contributed by atoms with van der Waals surface area (Å²) in [5.41, 5.74) is 5.14. The highest BCUT2D eigenvalue weighted by Gasteiger charge is 2.23. The predicted octanol–water partition coefficient (Wildman–Crippen LogP) is 3.15. The van der Waals surface area contributed by atoms with Crippen molar-refractivity contribution in [1.82, 2.24) is 0 Å². The highest BCUT2D eigenvalue weighted by atomic mass is 35.5. The number of carbonyl (C=O) groups excluding carboxylic acids is 2. The van der Waals surface area contributed by atoms with Crippen LogP contribution in [0.3, 0.4) is 0 Å². The molecular weight excluding hydrogens is 369 g/mol. The number of nitrogens with two attached hydrogens (primary N) is 1. The molecule has 2 aromatic rings. The van der Waals surface area contributed by atoms with Crippen LogP contribution in [0.25, 0.3) is 0 Å². The Labute approximate surface area is 151 Å². The monoisotopic (exact) mass is 381 g/mol. The summed E-state index contributed by atoms with van der Waals surface area (Å²) < 4.78 is 18.0. The van der Waals surface area contributed by atoms with Crippen molar-refractivity contribution in [2.24, 2.45) is 0 Å². The number of nitrogen functional groups attached to an aromatic ring is 1. The third-order valence-corrected chi connectivity index (χ3v) is 3.62. The van der Waals surface area contributed by atoms with E-state index in [2.05, 4.69) is 5.32 Å². The minimum Gasteiger partial charge on any atom is -0.449 e. The molecule has 3 N–H and O–H groups in total. The van der Waals surface area contributed by atoms with Gasteiger partial charge in [0.2, 0.25) is 0 Å². The average molecular weight is 382 g/mol. The van der Waals surface area contributed by atoms with Crippen molar-refractivity contribution in [1.29, 1.82) is 0 Å². The van der Waals surface area contributed by atoms with Crippen LogP contribution in [-0.2, 0) is 9.53 Å². The summed E-state index contributed by atoms with van der Waals surface area (Å²) >= 11 is 5.80. The molecule has 1 amide bonds. The normalized spacial score (nSPS) is 11.5. The van der Waals surface area contributed by atoms with Crippen LogP contribution in [0, 0.1) is 15.9 Å². The van der Waals surface area contributed by atoms with Gasteiger partial charge in [0, 0.05) is 17.8 Å². The molecular formula is C16H13ClFN3O5. The minimum atomic E-state index is -1.26. The number of nitro benzene ring substituents is 1. The highest BCUT2D eigenvalue weighted by molar-refractivity contribution is 6.33. The van der Waals surface area contributed by atoms with Gasteiger partial charge < -0.3 is 15.8 Å². The maximum atomic E-state index is 13.0.